The van der Waals surface area contributed by atoms with E-state index in [1.165, 1.54) is 5.56 Å². The Morgan fingerprint density at radius 3 is 2.93 bits per heavy atom. The molecule has 0 aromatic heterocycles. The summed E-state index contributed by atoms with van der Waals surface area (Å²) in [6.45, 7) is 6.32. The van der Waals surface area contributed by atoms with Gasteiger partial charge in [-0.15, -0.1) is 6.58 Å². The van der Waals surface area contributed by atoms with Gasteiger partial charge in [0, 0.05) is 5.92 Å². The van der Waals surface area contributed by atoms with Crippen LogP contribution in [0.25, 0.3) is 0 Å². The Bertz CT molecular complexity index is 344. The highest BCUT2D eigenvalue weighted by molar-refractivity contribution is 5.45. The zero-order valence-corrected chi connectivity index (χ0v) is 8.32. The summed E-state index contributed by atoms with van der Waals surface area (Å²) in [5, 5.41) is 0. The molecule has 2 rings (SSSR count). The number of rotatable bonds is 3. The van der Waals surface area contributed by atoms with Gasteiger partial charge in [-0.3, -0.25) is 0 Å². The lowest BCUT2D eigenvalue weighted by Gasteiger charge is -2.10. The first-order valence-corrected chi connectivity index (χ1v) is 4.87. The van der Waals surface area contributed by atoms with E-state index in [0.717, 1.165) is 17.9 Å². The zero-order chi connectivity index (χ0) is 9.97. The molecular formula is C12H14O2. The molecule has 1 heterocycles. The van der Waals surface area contributed by atoms with Crippen LogP contribution in [-0.4, -0.2) is 6.79 Å². The molecule has 1 aliphatic heterocycles. The standard InChI is InChI=1S/C12H14O2/c1-3-9(4-2)10-5-6-11-12(7-10)14-8-13-11/h3,5-7,9H,1,4,8H2,2H3. The van der Waals surface area contributed by atoms with Gasteiger partial charge >= 0.3 is 0 Å². The average molecular weight is 190 g/mol. The van der Waals surface area contributed by atoms with Crippen molar-refractivity contribution in [1.82, 2.24) is 0 Å². The van der Waals surface area contributed by atoms with Gasteiger partial charge in [0.25, 0.3) is 0 Å². The van der Waals surface area contributed by atoms with Crippen LogP contribution in [0.15, 0.2) is 30.9 Å². The fourth-order valence-corrected chi connectivity index (χ4v) is 1.68. The molecule has 1 unspecified atom stereocenters. The molecule has 0 N–H and O–H groups in total. The second-order valence-corrected chi connectivity index (χ2v) is 3.36. The number of benzene rings is 1. The van der Waals surface area contributed by atoms with Crippen molar-refractivity contribution in [2.24, 2.45) is 0 Å². The van der Waals surface area contributed by atoms with Gasteiger partial charge in [-0.2, -0.15) is 0 Å². The molecule has 0 saturated carbocycles. The monoisotopic (exact) mass is 190 g/mol. The van der Waals surface area contributed by atoms with Crippen LogP contribution < -0.4 is 9.47 Å². The molecule has 0 aliphatic carbocycles. The third-order valence-electron chi connectivity index (χ3n) is 2.55. The Hall–Kier alpha value is -1.44. The summed E-state index contributed by atoms with van der Waals surface area (Å²) in [5.74, 6) is 2.10. The van der Waals surface area contributed by atoms with E-state index in [2.05, 4.69) is 19.6 Å². The molecule has 1 atom stereocenters. The maximum Gasteiger partial charge on any atom is 0.231 e. The Morgan fingerprint density at radius 1 is 1.43 bits per heavy atom. The Balaban J connectivity index is 2.32. The SMILES string of the molecule is C=CC(CC)c1ccc2c(c1)OCO2. The summed E-state index contributed by atoms with van der Waals surface area (Å²) in [7, 11) is 0. The fourth-order valence-electron chi connectivity index (χ4n) is 1.68. The van der Waals surface area contributed by atoms with Gasteiger partial charge in [0.1, 0.15) is 0 Å². The Kier molecular flexibility index (Phi) is 2.44. The van der Waals surface area contributed by atoms with Gasteiger partial charge in [-0.05, 0) is 24.1 Å². The van der Waals surface area contributed by atoms with Crippen LogP contribution in [0.4, 0.5) is 0 Å². The molecule has 1 aromatic carbocycles. The van der Waals surface area contributed by atoms with Crippen molar-refractivity contribution >= 4 is 0 Å². The molecule has 0 radical (unpaired) electrons. The van der Waals surface area contributed by atoms with Gasteiger partial charge in [0.05, 0.1) is 0 Å². The normalized spacial score (nSPS) is 15.2. The summed E-state index contributed by atoms with van der Waals surface area (Å²) in [5.41, 5.74) is 1.24. The summed E-state index contributed by atoms with van der Waals surface area (Å²) in [6, 6.07) is 6.07. The quantitative estimate of drug-likeness (QED) is 0.682. The zero-order valence-electron chi connectivity index (χ0n) is 8.32. The lowest BCUT2D eigenvalue weighted by atomic mass is 9.96. The van der Waals surface area contributed by atoms with Gasteiger partial charge in [-0.25, -0.2) is 0 Å². The summed E-state index contributed by atoms with van der Waals surface area (Å²) in [4.78, 5) is 0. The number of fused-ring (bicyclic) bond motifs is 1. The van der Waals surface area contributed by atoms with Crippen LogP contribution in [0.1, 0.15) is 24.8 Å². The molecule has 0 saturated heterocycles. The van der Waals surface area contributed by atoms with E-state index in [9.17, 15) is 0 Å². The molecule has 1 aromatic rings. The second-order valence-electron chi connectivity index (χ2n) is 3.36. The lowest BCUT2D eigenvalue weighted by Crippen LogP contribution is -1.93. The fraction of sp³-hybridized carbons (Fsp3) is 0.333. The molecule has 0 bridgehead atoms. The van der Waals surface area contributed by atoms with E-state index in [0.29, 0.717) is 12.7 Å². The smallest absolute Gasteiger partial charge is 0.231 e. The second kappa shape index (κ2) is 3.74. The van der Waals surface area contributed by atoms with Crippen LogP contribution in [0.3, 0.4) is 0 Å². The molecular weight excluding hydrogens is 176 g/mol. The van der Waals surface area contributed by atoms with E-state index < -0.39 is 0 Å². The average Bonchev–Trinajstić information content (AvgIpc) is 2.66. The molecule has 2 heteroatoms. The minimum Gasteiger partial charge on any atom is -0.454 e. The minimum atomic E-state index is 0.337. The number of ether oxygens (including phenoxy) is 2. The van der Waals surface area contributed by atoms with Crippen LogP contribution in [0, 0.1) is 0 Å². The predicted octanol–water partition coefficient (Wildman–Crippen LogP) is 3.09. The molecule has 0 spiro atoms. The van der Waals surface area contributed by atoms with Crippen LogP contribution >= 0.6 is 0 Å². The van der Waals surface area contributed by atoms with Crippen LogP contribution in [0.2, 0.25) is 0 Å². The van der Waals surface area contributed by atoms with E-state index in [1.54, 1.807) is 0 Å². The van der Waals surface area contributed by atoms with Gasteiger partial charge in [0.2, 0.25) is 6.79 Å². The summed E-state index contributed by atoms with van der Waals surface area (Å²) >= 11 is 0. The highest BCUT2D eigenvalue weighted by Crippen LogP contribution is 2.35. The van der Waals surface area contributed by atoms with Crippen molar-refractivity contribution in [2.75, 3.05) is 6.79 Å². The molecule has 2 nitrogen and oxygen atoms in total. The molecule has 0 amide bonds. The highest BCUT2D eigenvalue weighted by atomic mass is 16.7. The van der Waals surface area contributed by atoms with E-state index in [4.69, 9.17) is 9.47 Å². The van der Waals surface area contributed by atoms with Crippen molar-refractivity contribution in [1.29, 1.82) is 0 Å². The topological polar surface area (TPSA) is 18.5 Å². The first-order valence-electron chi connectivity index (χ1n) is 4.87. The van der Waals surface area contributed by atoms with Crippen LogP contribution in [-0.2, 0) is 0 Å². The van der Waals surface area contributed by atoms with E-state index >= 15 is 0 Å². The van der Waals surface area contributed by atoms with Crippen molar-refractivity contribution in [2.45, 2.75) is 19.3 Å². The third kappa shape index (κ3) is 1.48. The van der Waals surface area contributed by atoms with Crippen molar-refractivity contribution in [3.63, 3.8) is 0 Å². The minimum absolute atomic E-state index is 0.337. The first kappa shape index (κ1) is 9.13. The molecule has 0 fully saturated rings. The third-order valence-corrected chi connectivity index (χ3v) is 2.55. The largest absolute Gasteiger partial charge is 0.454 e. The number of hydrogen-bond acceptors (Lipinski definition) is 2. The maximum atomic E-state index is 5.32. The summed E-state index contributed by atoms with van der Waals surface area (Å²) in [6.07, 6.45) is 3.03. The Morgan fingerprint density at radius 2 is 2.21 bits per heavy atom. The van der Waals surface area contributed by atoms with Gasteiger partial charge in [0.15, 0.2) is 11.5 Å². The van der Waals surface area contributed by atoms with Crippen molar-refractivity contribution in [3.05, 3.63) is 36.4 Å². The van der Waals surface area contributed by atoms with Crippen molar-refractivity contribution in [3.8, 4) is 11.5 Å². The predicted molar refractivity (Wildman–Crippen MR) is 55.8 cm³/mol. The Labute approximate surface area is 84.2 Å². The summed E-state index contributed by atoms with van der Waals surface area (Å²) < 4.78 is 10.6. The van der Waals surface area contributed by atoms with Crippen molar-refractivity contribution < 1.29 is 9.47 Å². The molecule has 74 valence electrons. The van der Waals surface area contributed by atoms with E-state index in [1.807, 2.05) is 18.2 Å². The number of hydrogen-bond donors (Lipinski definition) is 0. The molecule has 14 heavy (non-hydrogen) atoms. The van der Waals surface area contributed by atoms with Gasteiger partial charge in [-0.1, -0.05) is 19.1 Å². The first-order chi connectivity index (χ1) is 6.85. The maximum absolute atomic E-state index is 5.32. The highest BCUT2D eigenvalue weighted by Gasteiger charge is 2.15. The number of allylic oxidation sites excluding steroid dienone is 1. The van der Waals surface area contributed by atoms with E-state index in [-0.39, 0.29) is 0 Å². The van der Waals surface area contributed by atoms with Crippen LogP contribution in [0.5, 0.6) is 11.5 Å². The lowest BCUT2D eigenvalue weighted by molar-refractivity contribution is 0.174. The molecule has 1 aliphatic rings. The van der Waals surface area contributed by atoms with Gasteiger partial charge < -0.3 is 9.47 Å².